The summed E-state index contributed by atoms with van der Waals surface area (Å²) in [5.74, 6) is -0.643. The molecule has 2 N–H and O–H groups in total. The molecule has 0 aliphatic carbocycles. The Balaban J connectivity index is 1.83. The van der Waals surface area contributed by atoms with E-state index in [0.717, 1.165) is 5.56 Å². The third-order valence-corrected chi connectivity index (χ3v) is 3.61. The van der Waals surface area contributed by atoms with E-state index in [4.69, 9.17) is 5.11 Å². The number of carbonyl (C=O) groups is 2. The summed E-state index contributed by atoms with van der Waals surface area (Å²) in [7, 11) is 0. The van der Waals surface area contributed by atoms with Gasteiger partial charge in [0.15, 0.2) is 5.65 Å². The van der Waals surface area contributed by atoms with Crippen molar-refractivity contribution in [3.8, 4) is 0 Å². The van der Waals surface area contributed by atoms with Crippen molar-refractivity contribution in [3.63, 3.8) is 0 Å². The van der Waals surface area contributed by atoms with Crippen molar-refractivity contribution < 1.29 is 14.7 Å². The molecular weight excluding hydrogens is 308 g/mol. The number of aromatic nitrogens is 3. The molecule has 7 nitrogen and oxygen atoms in total. The zero-order valence-corrected chi connectivity index (χ0v) is 13.1. The number of nitrogens with zero attached hydrogens (tertiary/aromatic N) is 3. The van der Waals surface area contributed by atoms with Crippen LogP contribution >= 0.6 is 0 Å². The summed E-state index contributed by atoms with van der Waals surface area (Å²) in [6.45, 7) is 1.98. The van der Waals surface area contributed by atoms with Gasteiger partial charge in [-0.05, 0) is 31.2 Å². The molecule has 0 unspecified atom stereocenters. The van der Waals surface area contributed by atoms with Crippen LogP contribution in [0.5, 0.6) is 0 Å². The molecule has 0 spiro atoms. The minimum Gasteiger partial charge on any atom is -0.481 e. The normalized spacial score (nSPS) is 10.7. The lowest BCUT2D eigenvalue weighted by Gasteiger charge is -2.06. The van der Waals surface area contributed by atoms with Crippen LogP contribution in [0.3, 0.4) is 0 Å². The quantitative estimate of drug-likeness (QED) is 0.750. The van der Waals surface area contributed by atoms with Crippen LogP contribution in [0.2, 0.25) is 0 Å². The van der Waals surface area contributed by atoms with E-state index in [0.29, 0.717) is 22.7 Å². The average Bonchev–Trinajstić information content (AvgIpc) is 2.97. The predicted octanol–water partition coefficient (Wildman–Crippen LogP) is 2.31. The fourth-order valence-corrected chi connectivity index (χ4v) is 2.30. The summed E-state index contributed by atoms with van der Waals surface area (Å²) in [6, 6.07) is 10.9. The molecule has 1 aromatic carbocycles. The van der Waals surface area contributed by atoms with Gasteiger partial charge in [-0.1, -0.05) is 17.7 Å². The van der Waals surface area contributed by atoms with Crippen molar-refractivity contribution in [3.05, 3.63) is 59.5 Å². The van der Waals surface area contributed by atoms with E-state index >= 15 is 0 Å². The van der Waals surface area contributed by atoms with Crippen LogP contribution in [0.1, 0.15) is 28.2 Å². The van der Waals surface area contributed by atoms with Crippen molar-refractivity contribution in [1.29, 1.82) is 0 Å². The number of rotatable bonds is 5. The molecule has 0 saturated heterocycles. The van der Waals surface area contributed by atoms with Gasteiger partial charge < -0.3 is 10.4 Å². The molecule has 24 heavy (non-hydrogen) atoms. The van der Waals surface area contributed by atoms with Crippen molar-refractivity contribution in [1.82, 2.24) is 14.6 Å². The van der Waals surface area contributed by atoms with E-state index < -0.39 is 5.97 Å². The maximum Gasteiger partial charge on any atom is 0.303 e. The Bertz CT molecular complexity index is 900. The fourth-order valence-electron chi connectivity index (χ4n) is 2.30. The lowest BCUT2D eigenvalue weighted by molar-refractivity contribution is -0.137. The van der Waals surface area contributed by atoms with Gasteiger partial charge in [0.2, 0.25) is 0 Å². The molecule has 2 heterocycles. The van der Waals surface area contributed by atoms with Gasteiger partial charge in [0.05, 0.1) is 12.0 Å². The van der Waals surface area contributed by atoms with Gasteiger partial charge in [0, 0.05) is 18.3 Å². The Morgan fingerprint density at radius 1 is 1.12 bits per heavy atom. The van der Waals surface area contributed by atoms with E-state index in [-0.39, 0.29) is 18.7 Å². The van der Waals surface area contributed by atoms with E-state index in [1.54, 1.807) is 22.7 Å². The fraction of sp³-hybridized carbons (Fsp3) is 0.176. The first-order chi connectivity index (χ1) is 11.5. The first kappa shape index (κ1) is 15.7. The van der Waals surface area contributed by atoms with E-state index in [2.05, 4.69) is 15.5 Å². The third-order valence-electron chi connectivity index (χ3n) is 3.61. The Hall–Kier alpha value is -3.22. The van der Waals surface area contributed by atoms with Gasteiger partial charge in [-0.3, -0.25) is 14.0 Å². The summed E-state index contributed by atoms with van der Waals surface area (Å²) in [6.07, 6.45) is 1.83. The summed E-state index contributed by atoms with van der Waals surface area (Å²) in [5, 5.41) is 19.6. The Labute approximate surface area is 138 Å². The Morgan fingerprint density at radius 2 is 1.88 bits per heavy atom. The molecular formula is C17H16N4O3. The van der Waals surface area contributed by atoms with Crippen LogP contribution in [0.15, 0.2) is 42.6 Å². The molecule has 0 aliphatic heterocycles. The second-order valence-corrected chi connectivity index (χ2v) is 5.48. The number of carboxylic acids is 1. The van der Waals surface area contributed by atoms with Crippen molar-refractivity contribution in [2.75, 3.05) is 5.32 Å². The highest BCUT2D eigenvalue weighted by Crippen LogP contribution is 2.13. The zero-order valence-electron chi connectivity index (χ0n) is 13.1. The number of carbonyl (C=O) groups excluding carboxylic acids is 1. The van der Waals surface area contributed by atoms with E-state index in [1.165, 1.54) is 0 Å². The molecule has 0 radical (unpaired) electrons. The molecule has 3 rings (SSSR count). The molecule has 7 heteroatoms. The lowest BCUT2D eigenvalue weighted by Crippen LogP contribution is -2.13. The number of pyridine rings is 1. The molecule has 0 atom stereocenters. The highest BCUT2D eigenvalue weighted by molar-refractivity contribution is 6.04. The average molecular weight is 324 g/mol. The smallest absolute Gasteiger partial charge is 0.303 e. The number of anilines is 1. The Morgan fingerprint density at radius 3 is 2.58 bits per heavy atom. The molecule has 3 aromatic rings. The first-order valence-electron chi connectivity index (χ1n) is 7.46. The maximum atomic E-state index is 12.4. The summed E-state index contributed by atoms with van der Waals surface area (Å²) in [4.78, 5) is 23.1. The van der Waals surface area contributed by atoms with Crippen LogP contribution in [0.4, 0.5) is 5.69 Å². The number of fused-ring (bicyclic) bond motifs is 1. The topological polar surface area (TPSA) is 96.6 Å². The van der Waals surface area contributed by atoms with Gasteiger partial charge in [-0.2, -0.15) is 0 Å². The lowest BCUT2D eigenvalue weighted by atomic mass is 10.2. The molecule has 0 aliphatic rings. The molecule has 0 bridgehead atoms. The van der Waals surface area contributed by atoms with Crippen LogP contribution in [-0.4, -0.2) is 31.6 Å². The van der Waals surface area contributed by atoms with Crippen molar-refractivity contribution >= 4 is 23.2 Å². The molecule has 0 fully saturated rings. The van der Waals surface area contributed by atoms with Crippen LogP contribution in [-0.2, 0) is 11.2 Å². The van der Waals surface area contributed by atoms with Crippen molar-refractivity contribution in [2.45, 2.75) is 19.8 Å². The maximum absolute atomic E-state index is 12.4. The monoisotopic (exact) mass is 324 g/mol. The zero-order chi connectivity index (χ0) is 17.1. The number of amides is 1. The number of hydrogen-bond donors (Lipinski definition) is 2. The molecule has 122 valence electrons. The number of aliphatic carboxylic acids is 1. The van der Waals surface area contributed by atoms with Gasteiger partial charge >= 0.3 is 5.97 Å². The first-order valence-corrected chi connectivity index (χ1v) is 7.46. The number of benzene rings is 1. The second kappa shape index (κ2) is 6.49. The number of carboxylic acid groups (broad SMARTS) is 1. The van der Waals surface area contributed by atoms with E-state index in [9.17, 15) is 9.59 Å². The predicted molar refractivity (Wildman–Crippen MR) is 88.1 cm³/mol. The van der Waals surface area contributed by atoms with Gasteiger partial charge in [-0.25, -0.2) is 0 Å². The van der Waals surface area contributed by atoms with Gasteiger partial charge in [-0.15, -0.1) is 10.2 Å². The third kappa shape index (κ3) is 3.40. The SMILES string of the molecule is Cc1ccc(NC(=O)c2ccc3nnc(CCC(=O)O)n3c2)cc1. The summed E-state index contributed by atoms with van der Waals surface area (Å²) >= 11 is 0. The summed E-state index contributed by atoms with van der Waals surface area (Å²) in [5.41, 5.74) is 2.84. The molecule has 0 saturated carbocycles. The second-order valence-electron chi connectivity index (χ2n) is 5.48. The minimum absolute atomic E-state index is 0.0411. The highest BCUT2D eigenvalue weighted by atomic mass is 16.4. The number of aryl methyl sites for hydroxylation is 2. The molecule has 1 amide bonds. The van der Waals surface area contributed by atoms with Crippen LogP contribution < -0.4 is 5.32 Å². The largest absolute Gasteiger partial charge is 0.481 e. The standard InChI is InChI=1S/C17H16N4O3/c1-11-2-5-13(6-3-11)18-17(24)12-4-7-14-19-20-15(21(14)10-12)8-9-16(22)23/h2-7,10H,8-9H2,1H3,(H,18,24)(H,22,23). The Kier molecular flexibility index (Phi) is 4.24. The highest BCUT2D eigenvalue weighted by Gasteiger charge is 2.12. The van der Waals surface area contributed by atoms with Crippen molar-refractivity contribution in [2.24, 2.45) is 0 Å². The van der Waals surface area contributed by atoms with Crippen LogP contribution in [0, 0.1) is 6.92 Å². The van der Waals surface area contributed by atoms with Gasteiger partial charge in [0.25, 0.3) is 5.91 Å². The summed E-state index contributed by atoms with van der Waals surface area (Å²) < 4.78 is 1.65. The van der Waals surface area contributed by atoms with Crippen LogP contribution in [0.25, 0.3) is 5.65 Å². The van der Waals surface area contributed by atoms with E-state index in [1.807, 2.05) is 31.2 Å². The molecule has 2 aromatic heterocycles. The number of nitrogens with one attached hydrogen (secondary N) is 1. The minimum atomic E-state index is -0.903. The van der Waals surface area contributed by atoms with Gasteiger partial charge in [0.1, 0.15) is 5.82 Å². The number of hydrogen-bond acceptors (Lipinski definition) is 4.